The van der Waals surface area contributed by atoms with E-state index in [0.29, 0.717) is 35.3 Å². The fraction of sp³-hybridized carbons (Fsp3) is 0.455. The summed E-state index contributed by atoms with van der Waals surface area (Å²) in [5.74, 6) is -0.0149. The highest BCUT2D eigenvalue weighted by atomic mass is 32.2. The molecule has 172 valence electrons. The van der Waals surface area contributed by atoms with Gasteiger partial charge in [-0.15, -0.1) is 11.3 Å². The Morgan fingerprint density at radius 1 is 1.16 bits per heavy atom. The van der Waals surface area contributed by atoms with E-state index >= 15 is 0 Å². The first-order valence-corrected chi connectivity index (χ1v) is 13.0. The van der Waals surface area contributed by atoms with E-state index < -0.39 is 10.0 Å². The largest absolute Gasteiger partial charge is 0.492 e. The molecule has 4 rings (SSSR count). The third-order valence-electron chi connectivity index (χ3n) is 5.50. The van der Waals surface area contributed by atoms with Gasteiger partial charge in [0.05, 0.1) is 16.5 Å². The minimum Gasteiger partial charge on any atom is -0.492 e. The molecular formula is C22H27N3O5S2. The molecule has 0 spiro atoms. The molecule has 8 nitrogen and oxygen atoms in total. The number of hydrogen-bond acceptors (Lipinski definition) is 6. The molecule has 2 N–H and O–H groups in total. The van der Waals surface area contributed by atoms with Crippen LogP contribution in [0.4, 0.5) is 10.7 Å². The summed E-state index contributed by atoms with van der Waals surface area (Å²) in [6.45, 7) is 4.89. The zero-order valence-corrected chi connectivity index (χ0v) is 19.8. The van der Waals surface area contributed by atoms with Crippen molar-refractivity contribution in [3.8, 4) is 5.75 Å². The van der Waals surface area contributed by atoms with Gasteiger partial charge in [-0.25, -0.2) is 8.42 Å². The standard InChI is InChI=1S/C22H27N3O5S2/c1-3-30-17-9-8-16(13-18(17)32(28,29)25-10-4-5-11-25)23-22(27)20-14(2)12-19(31-20)24-21(26)15-6-7-15/h8-9,12-13,15H,3-7,10-11H2,1-2H3,(H,23,27)(H,24,26). The summed E-state index contributed by atoms with van der Waals surface area (Å²) in [5, 5.41) is 6.29. The smallest absolute Gasteiger partial charge is 0.266 e. The lowest BCUT2D eigenvalue weighted by Gasteiger charge is -2.19. The number of sulfonamides is 1. The molecule has 0 bridgehead atoms. The zero-order chi connectivity index (χ0) is 22.9. The fourth-order valence-electron chi connectivity index (χ4n) is 3.66. The van der Waals surface area contributed by atoms with Crippen LogP contribution in [0, 0.1) is 12.8 Å². The highest BCUT2D eigenvalue weighted by molar-refractivity contribution is 7.89. The molecule has 10 heteroatoms. The Morgan fingerprint density at radius 3 is 2.53 bits per heavy atom. The minimum absolute atomic E-state index is 0.0125. The van der Waals surface area contributed by atoms with Crippen molar-refractivity contribution in [2.45, 2.75) is 44.4 Å². The molecule has 1 aromatic heterocycles. The van der Waals surface area contributed by atoms with Crippen molar-refractivity contribution < 1.29 is 22.7 Å². The summed E-state index contributed by atoms with van der Waals surface area (Å²) >= 11 is 1.21. The van der Waals surface area contributed by atoms with Crippen LogP contribution in [-0.2, 0) is 14.8 Å². The number of anilines is 2. The Kier molecular flexibility index (Phi) is 6.55. The second-order valence-electron chi connectivity index (χ2n) is 8.05. The first-order chi connectivity index (χ1) is 15.3. The summed E-state index contributed by atoms with van der Waals surface area (Å²) < 4.78 is 33.3. The molecule has 1 saturated heterocycles. The van der Waals surface area contributed by atoms with E-state index in [9.17, 15) is 18.0 Å². The van der Waals surface area contributed by atoms with Gasteiger partial charge in [0.15, 0.2) is 0 Å². The lowest BCUT2D eigenvalue weighted by molar-refractivity contribution is -0.117. The Morgan fingerprint density at radius 2 is 1.88 bits per heavy atom. The van der Waals surface area contributed by atoms with Crippen LogP contribution in [0.3, 0.4) is 0 Å². The van der Waals surface area contributed by atoms with E-state index in [1.807, 2.05) is 0 Å². The van der Waals surface area contributed by atoms with Crippen molar-refractivity contribution in [3.63, 3.8) is 0 Å². The summed E-state index contributed by atoms with van der Waals surface area (Å²) in [4.78, 5) is 25.4. The van der Waals surface area contributed by atoms with Gasteiger partial charge < -0.3 is 15.4 Å². The van der Waals surface area contributed by atoms with Crippen molar-refractivity contribution in [1.82, 2.24) is 4.31 Å². The number of carbonyl (C=O) groups is 2. The number of rotatable bonds is 8. The third-order valence-corrected chi connectivity index (χ3v) is 8.57. The highest BCUT2D eigenvalue weighted by Gasteiger charge is 2.31. The predicted molar refractivity (Wildman–Crippen MR) is 124 cm³/mol. The van der Waals surface area contributed by atoms with Gasteiger partial charge in [0.1, 0.15) is 10.6 Å². The number of thiophene rings is 1. The number of hydrogen-bond donors (Lipinski definition) is 2. The summed E-state index contributed by atoms with van der Waals surface area (Å²) in [6.07, 6.45) is 3.47. The Bertz CT molecular complexity index is 1130. The Labute approximate surface area is 192 Å². The van der Waals surface area contributed by atoms with Crippen LogP contribution < -0.4 is 15.4 Å². The van der Waals surface area contributed by atoms with Gasteiger partial charge in [0.2, 0.25) is 15.9 Å². The molecule has 0 radical (unpaired) electrons. The molecule has 2 fully saturated rings. The average Bonchev–Trinajstić information content (AvgIpc) is 3.32. The van der Waals surface area contributed by atoms with Crippen LogP contribution >= 0.6 is 11.3 Å². The van der Waals surface area contributed by atoms with E-state index in [4.69, 9.17) is 4.74 Å². The number of nitrogens with one attached hydrogen (secondary N) is 2. The lowest BCUT2D eigenvalue weighted by atomic mass is 10.2. The van der Waals surface area contributed by atoms with Gasteiger partial charge in [-0.3, -0.25) is 9.59 Å². The zero-order valence-electron chi connectivity index (χ0n) is 18.1. The van der Waals surface area contributed by atoms with Crippen molar-refractivity contribution in [3.05, 3.63) is 34.7 Å². The molecule has 0 atom stereocenters. The van der Waals surface area contributed by atoms with Gasteiger partial charge in [0, 0.05) is 24.7 Å². The van der Waals surface area contributed by atoms with Gasteiger partial charge in [-0.05, 0) is 69.4 Å². The molecule has 2 aliphatic rings. The molecule has 1 saturated carbocycles. The van der Waals surface area contributed by atoms with Crippen LogP contribution in [0.15, 0.2) is 29.2 Å². The molecule has 2 heterocycles. The number of amides is 2. The van der Waals surface area contributed by atoms with Crippen molar-refractivity contribution >= 4 is 43.9 Å². The van der Waals surface area contributed by atoms with Crippen LogP contribution in [0.1, 0.15) is 47.8 Å². The highest BCUT2D eigenvalue weighted by Crippen LogP contribution is 2.34. The van der Waals surface area contributed by atoms with Crippen molar-refractivity contribution in [1.29, 1.82) is 0 Å². The predicted octanol–water partition coefficient (Wildman–Crippen LogP) is 3.84. The van der Waals surface area contributed by atoms with Crippen LogP contribution in [-0.4, -0.2) is 44.2 Å². The maximum Gasteiger partial charge on any atom is 0.266 e. The number of ether oxygens (including phenoxy) is 1. The van der Waals surface area contributed by atoms with E-state index in [1.54, 1.807) is 32.0 Å². The minimum atomic E-state index is -3.72. The van der Waals surface area contributed by atoms with E-state index in [0.717, 1.165) is 31.2 Å². The average molecular weight is 478 g/mol. The summed E-state index contributed by atoms with van der Waals surface area (Å²) in [6, 6.07) is 6.44. The summed E-state index contributed by atoms with van der Waals surface area (Å²) in [5.41, 5.74) is 1.11. The normalized spacial score (nSPS) is 16.7. The van der Waals surface area contributed by atoms with Crippen molar-refractivity contribution in [2.75, 3.05) is 30.3 Å². The Balaban J connectivity index is 1.55. The van der Waals surface area contributed by atoms with E-state index in [1.165, 1.54) is 21.7 Å². The quantitative estimate of drug-likeness (QED) is 0.601. The van der Waals surface area contributed by atoms with Gasteiger partial charge in [-0.2, -0.15) is 4.31 Å². The second-order valence-corrected chi connectivity index (χ2v) is 11.0. The second kappa shape index (κ2) is 9.21. The molecule has 2 amide bonds. The molecule has 1 aromatic carbocycles. The number of nitrogens with zero attached hydrogens (tertiary/aromatic N) is 1. The molecule has 2 aromatic rings. The van der Waals surface area contributed by atoms with Crippen LogP contribution in [0.5, 0.6) is 5.75 Å². The van der Waals surface area contributed by atoms with Crippen LogP contribution in [0.2, 0.25) is 0 Å². The topological polar surface area (TPSA) is 105 Å². The SMILES string of the molecule is CCOc1ccc(NC(=O)c2sc(NC(=O)C3CC3)cc2C)cc1S(=O)(=O)N1CCCC1. The molecular weight excluding hydrogens is 450 g/mol. The molecule has 1 aliphatic heterocycles. The van der Waals surface area contributed by atoms with Gasteiger partial charge in [-0.1, -0.05) is 0 Å². The Hall–Kier alpha value is -2.43. The number of aryl methyl sites for hydroxylation is 1. The fourth-order valence-corrected chi connectivity index (χ4v) is 6.30. The van der Waals surface area contributed by atoms with Gasteiger partial charge in [0.25, 0.3) is 5.91 Å². The molecule has 0 unspecified atom stereocenters. The van der Waals surface area contributed by atoms with Crippen molar-refractivity contribution in [2.24, 2.45) is 5.92 Å². The van der Waals surface area contributed by atoms with E-state index in [-0.39, 0.29) is 28.4 Å². The lowest BCUT2D eigenvalue weighted by Crippen LogP contribution is -2.28. The first kappa shape index (κ1) is 22.8. The van der Waals surface area contributed by atoms with Crippen LogP contribution in [0.25, 0.3) is 0 Å². The first-order valence-electron chi connectivity index (χ1n) is 10.8. The molecule has 32 heavy (non-hydrogen) atoms. The maximum absolute atomic E-state index is 13.2. The number of carbonyl (C=O) groups excluding carboxylic acids is 2. The molecule has 1 aliphatic carbocycles. The third kappa shape index (κ3) is 4.82. The monoisotopic (exact) mass is 477 g/mol. The maximum atomic E-state index is 13.2. The number of benzene rings is 1. The van der Waals surface area contributed by atoms with E-state index in [2.05, 4.69) is 10.6 Å². The van der Waals surface area contributed by atoms with Gasteiger partial charge >= 0.3 is 0 Å². The summed E-state index contributed by atoms with van der Waals surface area (Å²) in [7, 11) is -3.72.